The molecule has 0 aliphatic rings. The highest BCUT2D eigenvalue weighted by Crippen LogP contribution is 2.27. The molecule has 0 saturated heterocycles. The Morgan fingerprint density at radius 1 is 1.06 bits per heavy atom. The third-order valence-corrected chi connectivity index (χ3v) is 5.29. The zero-order valence-electron chi connectivity index (χ0n) is 18.7. The molecule has 0 unspecified atom stereocenters. The van der Waals surface area contributed by atoms with Gasteiger partial charge in [-0.15, -0.1) is 5.10 Å². The molecule has 0 fully saturated rings. The second-order valence-electron chi connectivity index (χ2n) is 7.66. The molecule has 4 rings (SSSR count). The summed E-state index contributed by atoms with van der Waals surface area (Å²) in [6, 6.07) is 19.3. The summed E-state index contributed by atoms with van der Waals surface area (Å²) in [5, 5.41) is 5.27. The van der Waals surface area contributed by atoms with Gasteiger partial charge in [0.25, 0.3) is 5.91 Å². The number of hydrogen-bond donors (Lipinski definition) is 0. The number of carbonyl (C=O) groups is 1. The minimum atomic E-state index is -0.171. The van der Waals surface area contributed by atoms with E-state index < -0.39 is 0 Å². The number of rotatable bonds is 7. The molecule has 2 aromatic carbocycles. The predicted molar refractivity (Wildman–Crippen MR) is 124 cm³/mol. The van der Waals surface area contributed by atoms with Crippen molar-refractivity contribution in [3.05, 3.63) is 77.5 Å². The van der Waals surface area contributed by atoms with Crippen LogP contribution in [0.3, 0.4) is 0 Å². The SMILES string of the molecule is COc1ccc(N(Cc2ccccc2)C(=O)COc2nn(C)c3nc(C)cc(C)c23)cc1. The molecule has 0 radical (unpaired) electrons. The normalized spacial score (nSPS) is 10.9. The Labute approximate surface area is 187 Å². The molecule has 32 heavy (non-hydrogen) atoms. The van der Waals surface area contributed by atoms with Gasteiger partial charge >= 0.3 is 0 Å². The quantitative estimate of drug-likeness (QED) is 0.439. The molecule has 0 bridgehead atoms. The molecule has 7 heteroatoms. The summed E-state index contributed by atoms with van der Waals surface area (Å²) in [4.78, 5) is 19.5. The molecule has 0 spiro atoms. The van der Waals surface area contributed by atoms with Crippen LogP contribution in [0.2, 0.25) is 0 Å². The van der Waals surface area contributed by atoms with Crippen LogP contribution in [-0.4, -0.2) is 34.4 Å². The van der Waals surface area contributed by atoms with Gasteiger partial charge < -0.3 is 14.4 Å². The minimum Gasteiger partial charge on any atom is -0.497 e. The van der Waals surface area contributed by atoms with Crippen LogP contribution in [0.15, 0.2) is 60.7 Å². The second kappa shape index (κ2) is 9.09. The van der Waals surface area contributed by atoms with E-state index in [0.29, 0.717) is 12.4 Å². The number of benzene rings is 2. The highest BCUT2D eigenvalue weighted by atomic mass is 16.5. The summed E-state index contributed by atoms with van der Waals surface area (Å²) in [6.45, 7) is 4.22. The van der Waals surface area contributed by atoms with E-state index in [1.54, 1.807) is 16.7 Å². The number of carbonyl (C=O) groups excluding carboxylic acids is 1. The van der Waals surface area contributed by atoms with Gasteiger partial charge in [-0.05, 0) is 55.3 Å². The fourth-order valence-corrected chi connectivity index (χ4v) is 3.71. The van der Waals surface area contributed by atoms with Crippen LogP contribution in [0, 0.1) is 13.8 Å². The van der Waals surface area contributed by atoms with Crippen molar-refractivity contribution in [3.8, 4) is 11.6 Å². The Hall–Kier alpha value is -3.87. The Morgan fingerprint density at radius 3 is 2.47 bits per heavy atom. The predicted octanol–water partition coefficient (Wildman–Crippen LogP) is 4.21. The molecule has 164 valence electrons. The van der Waals surface area contributed by atoms with E-state index in [0.717, 1.165) is 39.3 Å². The summed E-state index contributed by atoms with van der Waals surface area (Å²) in [7, 11) is 3.44. The molecule has 0 atom stereocenters. The van der Waals surface area contributed by atoms with Crippen molar-refractivity contribution in [1.82, 2.24) is 14.8 Å². The molecule has 4 aromatic rings. The van der Waals surface area contributed by atoms with Gasteiger partial charge in [-0.2, -0.15) is 0 Å². The van der Waals surface area contributed by atoms with Gasteiger partial charge in [-0.3, -0.25) is 4.79 Å². The average Bonchev–Trinajstić information content (AvgIpc) is 3.12. The van der Waals surface area contributed by atoms with Gasteiger partial charge in [0.1, 0.15) is 5.75 Å². The monoisotopic (exact) mass is 430 g/mol. The number of anilines is 1. The number of nitrogens with zero attached hydrogens (tertiary/aromatic N) is 4. The fourth-order valence-electron chi connectivity index (χ4n) is 3.71. The molecule has 2 heterocycles. The third-order valence-electron chi connectivity index (χ3n) is 5.29. The van der Waals surface area contributed by atoms with E-state index in [2.05, 4.69) is 10.1 Å². The van der Waals surface area contributed by atoms with Gasteiger partial charge in [0, 0.05) is 18.4 Å². The number of aromatic nitrogens is 3. The van der Waals surface area contributed by atoms with Gasteiger partial charge in [-0.25, -0.2) is 9.67 Å². The van der Waals surface area contributed by atoms with E-state index in [9.17, 15) is 4.79 Å². The Morgan fingerprint density at radius 2 is 1.78 bits per heavy atom. The first-order valence-corrected chi connectivity index (χ1v) is 10.4. The maximum absolute atomic E-state index is 13.3. The van der Waals surface area contributed by atoms with Crippen molar-refractivity contribution in [2.45, 2.75) is 20.4 Å². The van der Waals surface area contributed by atoms with Crippen LogP contribution in [0.5, 0.6) is 11.6 Å². The fraction of sp³-hybridized carbons (Fsp3) is 0.240. The van der Waals surface area contributed by atoms with E-state index in [-0.39, 0.29) is 12.5 Å². The number of amides is 1. The third kappa shape index (κ3) is 4.42. The first-order chi connectivity index (χ1) is 15.5. The summed E-state index contributed by atoms with van der Waals surface area (Å²) < 4.78 is 12.9. The number of hydrogen-bond acceptors (Lipinski definition) is 5. The maximum Gasteiger partial charge on any atom is 0.265 e. The topological polar surface area (TPSA) is 69.5 Å². The number of fused-ring (bicyclic) bond motifs is 1. The second-order valence-corrected chi connectivity index (χ2v) is 7.66. The van der Waals surface area contributed by atoms with E-state index in [4.69, 9.17) is 9.47 Å². The summed E-state index contributed by atoms with van der Waals surface area (Å²) in [5.41, 5.74) is 4.45. The van der Waals surface area contributed by atoms with Crippen LogP contribution >= 0.6 is 0 Å². The van der Waals surface area contributed by atoms with E-state index in [1.165, 1.54) is 0 Å². The Kier molecular flexibility index (Phi) is 6.07. The van der Waals surface area contributed by atoms with Crippen LogP contribution < -0.4 is 14.4 Å². The maximum atomic E-state index is 13.3. The van der Waals surface area contributed by atoms with Crippen molar-refractivity contribution >= 4 is 22.6 Å². The standard InChI is InChI=1S/C25H26N4O3/c1-17-14-18(2)26-24-23(17)25(27-28(24)3)32-16-22(30)29(15-19-8-6-5-7-9-19)20-10-12-21(31-4)13-11-20/h5-14H,15-16H2,1-4H3. The molecule has 0 N–H and O–H groups in total. The summed E-state index contributed by atoms with van der Waals surface area (Å²) >= 11 is 0. The van der Waals surface area contributed by atoms with Gasteiger partial charge in [0.2, 0.25) is 5.88 Å². The van der Waals surface area contributed by atoms with Crippen LogP contribution in [0.25, 0.3) is 11.0 Å². The van der Waals surface area contributed by atoms with Gasteiger partial charge in [0.05, 0.1) is 19.0 Å². The molecule has 0 aliphatic heterocycles. The molecule has 0 saturated carbocycles. The van der Waals surface area contributed by atoms with Gasteiger partial charge in [-0.1, -0.05) is 30.3 Å². The highest BCUT2D eigenvalue weighted by Gasteiger charge is 2.20. The molecular weight excluding hydrogens is 404 g/mol. The van der Waals surface area contributed by atoms with Crippen molar-refractivity contribution in [2.75, 3.05) is 18.6 Å². The van der Waals surface area contributed by atoms with Gasteiger partial charge in [0.15, 0.2) is 12.3 Å². The van der Waals surface area contributed by atoms with Crippen molar-refractivity contribution in [2.24, 2.45) is 7.05 Å². The lowest BCUT2D eigenvalue weighted by atomic mass is 10.2. The molecule has 1 amide bonds. The van der Waals surface area contributed by atoms with Crippen LogP contribution in [-0.2, 0) is 18.4 Å². The Balaban J connectivity index is 1.59. The van der Waals surface area contributed by atoms with Crippen molar-refractivity contribution in [3.63, 3.8) is 0 Å². The smallest absolute Gasteiger partial charge is 0.265 e. The van der Waals surface area contributed by atoms with E-state index in [1.807, 2.05) is 81.6 Å². The first kappa shape index (κ1) is 21.4. The Bertz CT molecular complexity index is 1230. The molecule has 0 aliphatic carbocycles. The lowest BCUT2D eigenvalue weighted by Gasteiger charge is -2.23. The molecule has 7 nitrogen and oxygen atoms in total. The zero-order valence-corrected chi connectivity index (χ0v) is 18.7. The largest absolute Gasteiger partial charge is 0.497 e. The number of ether oxygens (including phenoxy) is 2. The average molecular weight is 431 g/mol. The lowest BCUT2D eigenvalue weighted by Crippen LogP contribution is -2.34. The lowest BCUT2D eigenvalue weighted by molar-refractivity contribution is -0.120. The summed E-state index contributed by atoms with van der Waals surface area (Å²) in [5.74, 6) is 0.973. The molecular formula is C25H26N4O3. The van der Waals surface area contributed by atoms with Crippen LogP contribution in [0.4, 0.5) is 5.69 Å². The summed E-state index contributed by atoms with van der Waals surface area (Å²) in [6.07, 6.45) is 0. The van der Waals surface area contributed by atoms with Crippen LogP contribution in [0.1, 0.15) is 16.8 Å². The molecule has 2 aromatic heterocycles. The van der Waals surface area contributed by atoms with Crippen molar-refractivity contribution in [1.29, 1.82) is 0 Å². The highest BCUT2D eigenvalue weighted by molar-refractivity contribution is 5.95. The minimum absolute atomic E-state index is 0.141. The first-order valence-electron chi connectivity index (χ1n) is 10.4. The van der Waals surface area contributed by atoms with Crippen molar-refractivity contribution < 1.29 is 14.3 Å². The van der Waals surface area contributed by atoms with E-state index >= 15 is 0 Å². The number of pyridine rings is 1. The number of methoxy groups -OCH3 is 1. The number of aryl methyl sites for hydroxylation is 3. The zero-order chi connectivity index (χ0) is 22.7.